The van der Waals surface area contributed by atoms with Crippen molar-refractivity contribution in [3.05, 3.63) is 65.4 Å². The van der Waals surface area contributed by atoms with Gasteiger partial charge in [-0.3, -0.25) is 4.57 Å². The third-order valence-electron chi connectivity index (χ3n) is 4.09. The van der Waals surface area contributed by atoms with Crippen molar-refractivity contribution in [3.63, 3.8) is 0 Å². The van der Waals surface area contributed by atoms with Crippen LogP contribution in [-0.2, 0) is 13.0 Å². The molecule has 0 unspecified atom stereocenters. The van der Waals surface area contributed by atoms with Gasteiger partial charge in [-0.15, -0.1) is 10.2 Å². The van der Waals surface area contributed by atoms with E-state index >= 15 is 0 Å². The molecule has 134 valence electrons. The van der Waals surface area contributed by atoms with Gasteiger partial charge in [0.2, 0.25) is 0 Å². The minimum absolute atomic E-state index is 0.225. The molecule has 6 heteroatoms. The van der Waals surface area contributed by atoms with E-state index in [0.29, 0.717) is 13.0 Å². The van der Waals surface area contributed by atoms with Gasteiger partial charge in [0.25, 0.3) is 0 Å². The van der Waals surface area contributed by atoms with E-state index in [2.05, 4.69) is 61.3 Å². The minimum atomic E-state index is -0.225. The summed E-state index contributed by atoms with van der Waals surface area (Å²) in [6.07, 6.45) is 2.34. The molecular weight excluding hydrogens is 344 g/mol. The maximum atomic E-state index is 9.62. The van der Waals surface area contributed by atoms with Crippen molar-refractivity contribution in [1.29, 1.82) is 5.26 Å². The lowest BCUT2D eigenvalue weighted by Gasteiger charge is -2.13. The molecule has 0 fully saturated rings. The molecule has 0 N–H and O–H groups in total. The molecule has 0 amide bonds. The summed E-state index contributed by atoms with van der Waals surface area (Å²) in [6, 6.07) is 14.5. The highest BCUT2D eigenvalue weighted by Crippen LogP contribution is 2.28. The maximum Gasteiger partial charge on any atom is 0.192 e. The molecule has 0 radical (unpaired) electrons. The van der Waals surface area contributed by atoms with Crippen LogP contribution in [0.4, 0.5) is 0 Å². The zero-order chi connectivity index (χ0) is 18.5. The van der Waals surface area contributed by atoms with Gasteiger partial charge in [-0.25, -0.2) is 0 Å². The van der Waals surface area contributed by atoms with Crippen molar-refractivity contribution in [2.45, 2.75) is 50.1 Å². The molecule has 0 spiro atoms. The first-order valence-electron chi connectivity index (χ1n) is 8.64. The molecule has 0 aliphatic carbocycles. The molecule has 0 saturated heterocycles. The summed E-state index contributed by atoms with van der Waals surface area (Å²) in [5, 5.41) is 18.8. The van der Waals surface area contributed by atoms with Gasteiger partial charge in [0.15, 0.2) is 5.16 Å². The minimum Gasteiger partial charge on any atom is -0.467 e. The van der Waals surface area contributed by atoms with E-state index in [0.717, 1.165) is 22.3 Å². The van der Waals surface area contributed by atoms with E-state index in [9.17, 15) is 5.26 Å². The van der Waals surface area contributed by atoms with Gasteiger partial charge in [-0.2, -0.15) is 5.26 Å². The lowest BCUT2D eigenvalue weighted by molar-refractivity contribution is 0.475. The smallest absolute Gasteiger partial charge is 0.192 e. The van der Waals surface area contributed by atoms with E-state index in [1.807, 2.05) is 16.7 Å². The molecule has 3 aromatic rings. The van der Waals surface area contributed by atoms with Crippen LogP contribution >= 0.6 is 11.8 Å². The van der Waals surface area contributed by atoms with Gasteiger partial charge in [0, 0.05) is 5.92 Å². The van der Waals surface area contributed by atoms with Crippen LogP contribution in [0.25, 0.3) is 0 Å². The maximum absolute atomic E-state index is 9.62. The second kappa shape index (κ2) is 8.24. The van der Waals surface area contributed by atoms with Crippen LogP contribution in [0.5, 0.6) is 0 Å². The van der Waals surface area contributed by atoms with Crippen molar-refractivity contribution < 1.29 is 4.42 Å². The molecule has 1 atom stereocenters. The van der Waals surface area contributed by atoms with Gasteiger partial charge >= 0.3 is 0 Å². The van der Waals surface area contributed by atoms with E-state index in [1.54, 1.807) is 6.26 Å². The fourth-order valence-corrected chi connectivity index (χ4v) is 3.66. The first-order chi connectivity index (χ1) is 12.6. The second-order valence-corrected chi connectivity index (χ2v) is 7.76. The number of nitrogens with zero attached hydrogens (tertiary/aromatic N) is 4. The summed E-state index contributed by atoms with van der Waals surface area (Å²) in [4.78, 5) is 0. The number of furan rings is 1. The van der Waals surface area contributed by atoms with Crippen LogP contribution in [0.15, 0.2) is 52.2 Å². The van der Waals surface area contributed by atoms with Crippen LogP contribution in [-0.4, -0.2) is 20.0 Å². The topological polar surface area (TPSA) is 67.6 Å². The van der Waals surface area contributed by atoms with E-state index in [4.69, 9.17) is 4.42 Å². The Kier molecular flexibility index (Phi) is 5.79. The van der Waals surface area contributed by atoms with Crippen LogP contribution < -0.4 is 0 Å². The average molecular weight is 366 g/mol. The standard InChI is InChI=1S/C20H22N4OS/c1-14(2)19-22-23-20(24(19)13-17-5-4-10-25-17)26-18(12-21)11-16-8-6-15(3)7-9-16/h4-10,14,18H,11,13H2,1-3H3/t18-/m0/s1. The number of aromatic nitrogens is 3. The Labute approximate surface area is 158 Å². The Bertz CT molecular complexity index is 876. The van der Waals surface area contributed by atoms with Crippen LogP contribution in [0, 0.1) is 18.3 Å². The lowest BCUT2D eigenvalue weighted by atomic mass is 10.1. The molecule has 0 saturated carbocycles. The van der Waals surface area contributed by atoms with Crippen LogP contribution in [0.3, 0.4) is 0 Å². The van der Waals surface area contributed by atoms with Crippen molar-refractivity contribution in [2.24, 2.45) is 0 Å². The highest BCUT2D eigenvalue weighted by molar-refractivity contribution is 8.00. The molecule has 5 nitrogen and oxygen atoms in total. The van der Waals surface area contributed by atoms with Gasteiger partial charge in [-0.05, 0) is 31.0 Å². The average Bonchev–Trinajstić information content (AvgIpc) is 3.27. The molecule has 0 aliphatic rings. The molecular formula is C20H22N4OS. The van der Waals surface area contributed by atoms with Gasteiger partial charge in [0.1, 0.15) is 16.8 Å². The molecule has 1 aromatic carbocycles. The molecule has 0 aliphatic heterocycles. The van der Waals surface area contributed by atoms with Crippen molar-refractivity contribution in [2.75, 3.05) is 0 Å². The first kappa shape index (κ1) is 18.3. The fourth-order valence-electron chi connectivity index (χ4n) is 2.70. The lowest BCUT2D eigenvalue weighted by Crippen LogP contribution is -2.10. The van der Waals surface area contributed by atoms with Gasteiger partial charge < -0.3 is 4.42 Å². The van der Waals surface area contributed by atoms with Gasteiger partial charge in [0.05, 0.1) is 18.9 Å². The van der Waals surface area contributed by atoms with Crippen LogP contribution in [0.1, 0.15) is 42.5 Å². The Hall–Kier alpha value is -2.52. The Morgan fingerprint density at radius 3 is 2.58 bits per heavy atom. The number of hydrogen-bond acceptors (Lipinski definition) is 5. The summed E-state index contributed by atoms with van der Waals surface area (Å²) in [6.45, 7) is 6.81. The molecule has 26 heavy (non-hydrogen) atoms. The zero-order valence-electron chi connectivity index (χ0n) is 15.2. The van der Waals surface area contributed by atoms with E-state index in [1.165, 1.54) is 17.3 Å². The van der Waals surface area contributed by atoms with Crippen molar-refractivity contribution in [1.82, 2.24) is 14.8 Å². The predicted octanol–water partition coefficient (Wildman–Crippen LogP) is 4.58. The fraction of sp³-hybridized carbons (Fsp3) is 0.350. The quantitative estimate of drug-likeness (QED) is 0.573. The third-order valence-corrected chi connectivity index (χ3v) is 5.16. The summed E-state index contributed by atoms with van der Waals surface area (Å²) in [7, 11) is 0. The van der Waals surface area contributed by atoms with E-state index < -0.39 is 0 Å². The molecule has 2 aromatic heterocycles. The highest BCUT2D eigenvalue weighted by Gasteiger charge is 2.20. The summed E-state index contributed by atoms with van der Waals surface area (Å²) < 4.78 is 7.53. The first-order valence-corrected chi connectivity index (χ1v) is 9.52. The number of hydrogen-bond donors (Lipinski definition) is 0. The normalized spacial score (nSPS) is 12.3. The van der Waals surface area contributed by atoms with E-state index in [-0.39, 0.29) is 11.2 Å². The number of benzene rings is 1. The van der Waals surface area contributed by atoms with Crippen LogP contribution in [0.2, 0.25) is 0 Å². The zero-order valence-corrected chi connectivity index (χ0v) is 16.0. The number of thioether (sulfide) groups is 1. The Morgan fingerprint density at radius 1 is 1.19 bits per heavy atom. The van der Waals surface area contributed by atoms with Crippen molar-refractivity contribution in [3.8, 4) is 6.07 Å². The summed E-state index contributed by atoms with van der Waals surface area (Å²) in [5.74, 6) is 1.99. The number of aryl methyl sites for hydroxylation is 1. The summed E-state index contributed by atoms with van der Waals surface area (Å²) in [5.41, 5.74) is 2.37. The second-order valence-electron chi connectivity index (χ2n) is 6.59. The predicted molar refractivity (Wildman–Crippen MR) is 102 cm³/mol. The van der Waals surface area contributed by atoms with Crippen molar-refractivity contribution >= 4 is 11.8 Å². The Balaban J connectivity index is 1.81. The third kappa shape index (κ3) is 4.36. The molecule has 0 bridgehead atoms. The molecule has 3 rings (SSSR count). The SMILES string of the molecule is Cc1ccc(C[C@@H](C#N)Sc2nnc(C(C)C)n2Cc2ccco2)cc1. The largest absolute Gasteiger partial charge is 0.467 e. The highest BCUT2D eigenvalue weighted by atomic mass is 32.2. The van der Waals surface area contributed by atoms with Gasteiger partial charge in [-0.1, -0.05) is 55.4 Å². The number of nitriles is 1. The molecule has 2 heterocycles. The monoisotopic (exact) mass is 366 g/mol. The Morgan fingerprint density at radius 2 is 1.96 bits per heavy atom. The summed E-state index contributed by atoms with van der Waals surface area (Å²) >= 11 is 1.46. The number of rotatable bonds is 7.